The smallest absolute Gasteiger partial charge is 0.493 e. The second-order valence-corrected chi connectivity index (χ2v) is 15.2. The molecule has 0 saturated carbocycles. The molecule has 13 nitrogen and oxygen atoms in total. The van der Waals surface area contributed by atoms with Crippen LogP contribution in [-0.4, -0.2) is 53.6 Å². The number of carbonyl (C=O) groups excluding carboxylic acids is 3. The summed E-state index contributed by atoms with van der Waals surface area (Å²) in [7, 11) is 1.32. The van der Waals surface area contributed by atoms with Gasteiger partial charge in [-0.3, -0.25) is 18.9 Å². The van der Waals surface area contributed by atoms with Gasteiger partial charge in [-0.05, 0) is 117 Å². The number of thioether (sulfide) groups is 1. The number of rotatable bonds is 21. The Hall–Kier alpha value is -5.78. The molecule has 0 fully saturated rings. The molecule has 16 heteroatoms. The molecule has 0 aliphatic heterocycles. The maximum atomic E-state index is 11.5. The van der Waals surface area contributed by atoms with Gasteiger partial charge < -0.3 is 41.6 Å². The van der Waals surface area contributed by atoms with E-state index in [1.807, 2.05) is 65.1 Å². The maximum absolute atomic E-state index is 11.5. The van der Waals surface area contributed by atoms with Gasteiger partial charge in [-0.25, -0.2) is 0 Å². The maximum Gasteiger partial charge on any atom is 0.530 e. The van der Waals surface area contributed by atoms with Crippen molar-refractivity contribution in [1.29, 1.82) is 0 Å². The summed E-state index contributed by atoms with van der Waals surface area (Å²) in [6.45, 7) is 13.0. The van der Waals surface area contributed by atoms with Crippen molar-refractivity contribution < 1.29 is 60.5 Å². The number of carbonyl (C=O) groups is 3. The van der Waals surface area contributed by atoms with Crippen LogP contribution in [0.25, 0.3) is 0 Å². The third-order valence-electron chi connectivity index (χ3n) is 8.03. The normalized spacial score (nSPS) is 10.6. The van der Waals surface area contributed by atoms with E-state index in [-0.39, 0.29) is 35.4 Å². The number of hydrogen-bond acceptors (Lipinski definition) is 14. The zero-order chi connectivity index (χ0) is 45.6. The van der Waals surface area contributed by atoms with Gasteiger partial charge in [-0.1, -0.05) is 26.0 Å². The number of hydrogen-bond donors (Lipinski definition) is 0. The Bertz CT molecular complexity index is 2190. The molecule has 0 N–H and O–H groups in total. The number of methoxy groups -OCH3 is 4. The molecule has 0 radical (unpaired) electrons. The molecule has 0 bridgehead atoms. The van der Waals surface area contributed by atoms with Gasteiger partial charge in [0, 0.05) is 27.1 Å². The molecule has 62 heavy (non-hydrogen) atoms. The summed E-state index contributed by atoms with van der Waals surface area (Å²) in [6, 6.07) is 23.4. The van der Waals surface area contributed by atoms with Crippen molar-refractivity contribution in [2.24, 2.45) is 0 Å². The number of ether oxygens (including phenoxy) is 4. The molecular weight excluding hydrogens is 855 g/mol. The highest BCUT2D eigenvalue weighted by Crippen LogP contribution is 2.51. The molecule has 0 aliphatic rings. The van der Waals surface area contributed by atoms with Crippen LogP contribution in [0.2, 0.25) is 0 Å². The Morgan fingerprint density at radius 3 is 1.32 bits per heavy atom. The van der Waals surface area contributed by atoms with E-state index in [0.29, 0.717) is 64.1 Å². The van der Waals surface area contributed by atoms with Crippen LogP contribution in [0.1, 0.15) is 68.5 Å². The summed E-state index contributed by atoms with van der Waals surface area (Å²) in [5.41, 5.74) is 3.42. The molecule has 0 saturated heterocycles. The molecule has 5 aromatic rings. The van der Waals surface area contributed by atoms with Gasteiger partial charge in [0.25, 0.3) is 0 Å². The van der Waals surface area contributed by atoms with E-state index in [1.165, 1.54) is 52.3 Å². The summed E-state index contributed by atoms with van der Waals surface area (Å²) < 4.78 is 60.5. The molecule has 0 heterocycles. The molecule has 5 rings (SSSR count). The molecule has 330 valence electrons. The summed E-state index contributed by atoms with van der Waals surface area (Å²) in [5.74, 6) is 2.80. The van der Waals surface area contributed by atoms with Gasteiger partial charge in [0.2, 0.25) is 0 Å². The number of benzene rings is 5. The topological polar surface area (TPSA) is 144 Å². The number of allylic oxidation sites excluding steroid dienone is 1. The van der Waals surface area contributed by atoms with Gasteiger partial charge in [-0.15, -0.1) is 18.3 Å². The molecule has 5 aromatic carbocycles. The second-order valence-electron chi connectivity index (χ2n) is 12.3. The van der Waals surface area contributed by atoms with Gasteiger partial charge in [-0.2, -0.15) is 0 Å². The zero-order valence-corrected chi connectivity index (χ0v) is 39.0. The van der Waals surface area contributed by atoms with Crippen molar-refractivity contribution in [3.8, 4) is 51.7 Å². The Morgan fingerprint density at radius 2 is 0.935 bits per heavy atom. The van der Waals surface area contributed by atoms with Crippen LogP contribution in [0, 0.1) is 13.8 Å². The lowest BCUT2D eigenvalue weighted by Gasteiger charge is -2.24. The van der Waals surface area contributed by atoms with Gasteiger partial charge >= 0.3 is 17.2 Å². The first-order valence-electron chi connectivity index (χ1n) is 19.0. The van der Waals surface area contributed by atoms with E-state index >= 15 is 0 Å². The molecular formula is C46H52O13P2S. The fourth-order valence-electron chi connectivity index (χ4n) is 5.16. The third-order valence-corrected chi connectivity index (χ3v) is 10.8. The van der Waals surface area contributed by atoms with Crippen molar-refractivity contribution in [3.63, 3.8) is 0 Å². The minimum atomic E-state index is -2.35. The largest absolute Gasteiger partial charge is 0.530 e. The van der Waals surface area contributed by atoms with Crippen LogP contribution in [0.3, 0.4) is 0 Å². The number of aldehydes is 3. The highest BCUT2D eigenvalue weighted by molar-refractivity contribution is 7.98. The monoisotopic (exact) mass is 906 g/mol. The minimum absolute atomic E-state index is 0.0862. The quantitative estimate of drug-likeness (QED) is 0.0298. The fourth-order valence-corrected chi connectivity index (χ4v) is 7.87. The third kappa shape index (κ3) is 14.4. The van der Waals surface area contributed by atoms with Crippen LogP contribution in [0.15, 0.2) is 102 Å². The minimum Gasteiger partial charge on any atom is -0.493 e. The molecule has 0 amide bonds. The van der Waals surface area contributed by atoms with Crippen molar-refractivity contribution in [3.05, 3.63) is 131 Å². The lowest BCUT2D eigenvalue weighted by atomic mass is 10.1. The lowest BCUT2D eigenvalue weighted by Crippen LogP contribution is -2.08. The molecule has 0 spiro atoms. The molecule has 1 atom stereocenters. The van der Waals surface area contributed by atoms with Gasteiger partial charge in [0.1, 0.15) is 24.6 Å². The molecule has 0 aliphatic carbocycles. The van der Waals surface area contributed by atoms with Crippen molar-refractivity contribution >= 4 is 47.8 Å². The van der Waals surface area contributed by atoms with E-state index in [9.17, 15) is 14.4 Å². The van der Waals surface area contributed by atoms with Crippen molar-refractivity contribution in [1.82, 2.24) is 0 Å². The summed E-state index contributed by atoms with van der Waals surface area (Å²) in [4.78, 5) is 35.5. The van der Waals surface area contributed by atoms with Crippen LogP contribution in [0.4, 0.5) is 0 Å². The Balaban J connectivity index is 0.00000196. The SMILES string of the molecule is C=CC.CC.COc1cc(C)ccc1OP(OCc1cc(SC)cc(C)c1OP(Oc1ccc(C=O)cc1OC)Oc1ccc(C=O)cc1OC)Oc1ccc(C=O)cc1OC. The van der Waals surface area contributed by atoms with E-state index in [2.05, 4.69) is 6.58 Å². The summed E-state index contributed by atoms with van der Waals surface area (Å²) >= 11 is 1.52. The Morgan fingerprint density at radius 1 is 0.548 bits per heavy atom. The van der Waals surface area contributed by atoms with Crippen LogP contribution < -0.4 is 41.6 Å². The second kappa shape index (κ2) is 26.5. The lowest BCUT2D eigenvalue weighted by molar-refractivity contribution is 0.111. The zero-order valence-electron chi connectivity index (χ0n) is 36.4. The Labute approximate surface area is 370 Å². The predicted octanol–water partition coefficient (Wildman–Crippen LogP) is 12.4. The summed E-state index contributed by atoms with van der Waals surface area (Å²) in [6.07, 6.45) is 5.79. The van der Waals surface area contributed by atoms with Crippen LogP contribution in [-0.2, 0) is 11.1 Å². The predicted molar refractivity (Wildman–Crippen MR) is 245 cm³/mol. The average molecular weight is 907 g/mol. The number of aryl methyl sites for hydroxylation is 2. The average Bonchev–Trinajstić information content (AvgIpc) is 3.30. The standard InChI is InChI=1S/C41H40O13P2S.C3H6.C2H6/c1-26-8-12-33(37(16-26)45-3)50-55(51-34-13-9-28(22-42)18-38(34)46-4)49-25-31-21-32(57-7)17-27(2)41(31)54-56(52-35-14-10-29(23-43)19-39(35)47-5)53-36-15-11-30(24-44)20-40(36)48-6;1-3-2;1-2/h8-24H,25H2,1-7H3;3H,1H2,2H3;1-2H3. The van der Waals surface area contributed by atoms with Crippen LogP contribution in [0.5, 0.6) is 51.7 Å². The van der Waals surface area contributed by atoms with E-state index in [4.69, 9.17) is 46.1 Å². The molecule has 0 aromatic heterocycles. The fraction of sp³-hybridized carbons (Fsp3) is 0.239. The first kappa shape index (κ1) is 50.6. The van der Waals surface area contributed by atoms with Crippen molar-refractivity contribution in [2.45, 2.75) is 46.1 Å². The van der Waals surface area contributed by atoms with Gasteiger partial charge in [0.05, 0.1) is 35.0 Å². The van der Waals surface area contributed by atoms with Gasteiger partial charge in [0.15, 0.2) is 46.0 Å². The first-order valence-corrected chi connectivity index (χ1v) is 22.4. The highest BCUT2D eigenvalue weighted by atomic mass is 32.2. The van der Waals surface area contributed by atoms with E-state index in [1.54, 1.807) is 54.6 Å². The van der Waals surface area contributed by atoms with Crippen LogP contribution >= 0.6 is 29.0 Å². The van der Waals surface area contributed by atoms with Crippen molar-refractivity contribution in [2.75, 3.05) is 34.7 Å². The first-order chi connectivity index (χ1) is 30.1. The van der Waals surface area contributed by atoms with E-state index in [0.717, 1.165) is 16.0 Å². The molecule has 1 unspecified atom stereocenters. The highest BCUT2D eigenvalue weighted by Gasteiger charge is 2.28. The summed E-state index contributed by atoms with van der Waals surface area (Å²) in [5, 5.41) is 0. The van der Waals surface area contributed by atoms with E-state index < -0.39 is 17.2 Å². The Kier molecular flexibility index (Phi) is 21.6.